The van der Waals surface area contributed by atoms with E-state index >= 15 is 0 Å². The normalized spacial score (nSPS) is 18.5. The number of thiophene rings is 1. The second kappa shape index (κ2) is 6.68. The molecule has 0 saturated carbocycles. The lowest BCUT2D eigenvalue weighted by Crippen LogP contribution is -2.48. The van der Waals surface area contributed by atoms with Gasteiger partial charge in [-0.3, -0.25) is 4.79 Å². The van der Waals surface area contributed by atoms with E-state index in [9.17, 15) is 13.2 Å². The van der Waals surface area contributed by atoms with Crippen LogP contribution in [0.3, 0.4) is 0 Å². The quantitative estimate of drug-likeness (QED) is 0.873. The molecule has 3 heterocycles. The predicted octanol–water partition coefficient (Wildman–Crippen LogP) is 2.45. The number of aryl methyl sites for hydroxylation is 2. The van der Waals surface area contributed by atoms with Crippen molar-refractivity contribution < 1.29 is 13.2 Å². The molecule has 0 radical (unpaired) electrons. The maximum Gasteiger partial charge on any atom is 0.252 e. The molecule has 1 amide bonds. The molecule has 1 saturated heterocycles. The molecular formula is C18H21N3O3S2. The van der Waals surface area contributed by atoms with Gasteiger partial charge in [-0.05, 0) is 49.2 Å². The van der Waals surface area contributed by atoms with Crippen molar-refractivity contribution in [2.45, 2.75) is 24.0 Å². The molecule has 1 aromatic carbocycles. The van der Waals surface area contributed by atoms with Crippen LogP contribution in [0.25, 0.3) is 0 Å². The zero-order valence-electron chi connectivity index (χ0n) is 14.6. The number of hydrogen-bond acceptors (Lipinski definition) is 5. The van der Waals surface area contributed by atoms with Gasteiger partial charge in [-0.25, -0.2) is 8.42 Å². The largest absolute Gasteiger partial charge is 0.369 e. The summed E-state index contributed by atoms with van der Waals surface area (Å²) < 4.78 is 27.5. The number of fused-ring (bicyclic) bond motifs is 1. The fourth-order valence-corrected chi connectivity index (χ4v) is 6.29. The molecule has 1 N–H and O–H groups in total. The first-order chi connectivity index (χ1) is 12.4. The standard InChI is InChI=1S/C18H21N3O3S2/c1-13-2-7-18(25-13)26(23,24)21-10-8-20(9-11-21)15-4-5-16-14(12-15)3-6-17(22)19-16/h2,4-5,7,12H,3,6,8-11H2,1H3,(H,19,22). The second-order valence-electron chi connectivity index (χ2n) is 6.65. The number of carbonyl (C=O) groups is 1. The fourth-order valence-electron chi connectivity index (χ4n) is 3.43. The van der Waals surface area contributed by atoms with Crippen molar-refractivity contribution >= 4 is 38.6 Å². The highest BCUT2D eigenvalue weighted by Gasteiger charge is 2.30. The number of nitrogens with one attached hydrogen (secondary N) is 1. The summed E-state index contributed by atoms with van der Waals surface area (Å²) in [7, 11) is -3.39. The maximum atomic E-state index is 12.7. The van der Waals surface area contributed by atoms with Gasteiger partial charge in [0, 0.05) is 48.9 Å². The van der Waals surface area contributed by atoms with E-state index in [2.05, 4.69) is 16.3 Å². The Kier molecular flexibility index (Phi) is 4.50. The van der Waals surface area contributed by atoms with E-state index < -0.39 is 10.0 Å². The maximum absolute atomic E-state index is 12.7. The molecule has 26 heavy (non-hydrogen) atoms. The van der Waals surface area contributed by atoms with Gasteiger partial charge in [0.15, 0.2) is 0 Å². The van der Waals surface area contributed by atoms with Crippen LogP contribution < -0.4 is 10.2 Å². The van der Waals surface area contributed by atoms with Crippen LogP contribution in [-0.2, 0) is 21.2 Å². The molecule has 8 heteroatoms. The number of sulfonamides is 1. The zero-order valence-corrected chi connectivity index (χ0v) is 16.2. The van der Waals surface area contributed by atoms with E-state index in [0.29, 0.717) is 36.8 Å². The molecule has 138 valence electrons. The molecule has 0 atom stereocenters. The Hall–Kier alpha value is -1.90. The van der Waals surface area contributed by atoms with Gasteiger partial charge in [-0.2, -0.15) is 4.31 Å². The Labute approximate surface area is 157 Å². The smallest absolute Gasteiger partial charge is 0.252 e. The summed E-state index contributed by atoms with van der Waals surface area (Å²) in [6, 6.07) is 9.59. The zero-order chi connectivity index (χ0) is 18.3. The Morgan fingerprint density at radius 1 is 1.04 bits per heavy atom. The number of hydrogen-bond donors (Lipinski definition) is 1. The number of anilines is 2. The van der Waals surface area contributed by atoms with Gasteiger partial charge in [0.05, 0.1) is 0 Å². The van der Waals surface area contributed by atoms with E-state index in [-0.39, 0.29) is 5.91 Å². The molecular weight excluding hydrogens is 370 g/mol. The van der Waals surface area contributed by atoms with Gasteiger partial charge in [0.2, 0.25) is 5.91 Å². The minimum absolute atomic E-state index is 0.0629. The molecule has 0 spiro atoms. The number of amides is 1. The second-order valence-corrected chi connectivity index (χ2v) is 10.1. The topological polar surface area (TPSA) is 69.7 Å². The van der Waals surface area contributed by atoms with E-state index in [1.807, 2.05) is 25.1 Å². The minimum atomic E-state index is -3.39. The Morgan fingerprint density at radius 2 is 1.81 bits per heavy atom. The van der Waals surface area contributed by atoms with Crippen LogP contribution in [0.1, 0.15) is 16.9 Å². The van der Waals surface area contributed by atoms with Crippen molar-refractivity contribution in [2.24, 2.45) is 0 Å². The van der Waals surface area contributed by atoms with Crippen molar-refractivity contribution in [1.29, 1.82) is 0 Å². The summed E-state index contributed by atoms with van der Waals surface area (Å²) in [5.41, 5.74) is 3.12. The molecule has 6 nitrogen and oxygen atoms in total. The van der Waals surface area contributed by atoms with Crippen LogP contribution in [0, 0.1) is 6.92 Å². The Balaban J connectivity index is 1.46. The van der Waals surface area contributed by atoms with Crippen molar-refractivity contribution in [2.75, 3.05) is 36.4 Å². The van der Waals surface area contributed by atoms with Crippen LogP contribution in [-0.4, -0.2) is 44.8 Å². The number of benzene rings is 1. The van der Waals surface area contributed by atoms with Gasteiger partial charge in [-0.15, -0.1) is 11.3 Å². The minimum Gasteiger partial charge on any atom is -0.369 e. The van der Waals surface area contributed by atoms with Crippen LogP contribution in [0.4, 0.5) is 11.4 Å². The number of piperazine rings is 1. The molecule has 4 rings (SSSR count). The van der Waals surface area contributed by atoms with Crippen LogP contribution in [0.2, 0.25) is 0 Å². The van der Waals surface area contributed by atoms with Gasteiger partial charge in [-0.1, -0.05) is 0 Å². The van der Waals surface area contributed by atoms with Gasteiger partial charge < -0.3 is 10.2 Å². The third kappa shape index (κ3) is 3.24. The molecule has 2 aliphatic heterocycles. The predicted molar refractivity (Wildman–Crippen MR) is 103 cm³/mol. The first-order valence-corrected chi connectivity index (χ1v) is 10.9. The Morgan fingerprint density at radius 3 is 2.50 bits per heavy atom. The van der Waals surface area contributed by atoms with E-state index in [0.717, 1.165) is 28.2 Å². The highest BCUT2D eigenvalue weighted by atomic mass is 32.2. The fraction of sp³-hybridized carbons (Fsp3) is 0.389. The van der Waals surface area contributed by atoms with Crippen molar-refractivity contribution in [3.63, 3.8) is 0 Å². The van der Waals surface area contributed by atoms with Gasteiger partial charge in [0.1, 0.15) is 4.21 Å². The average Bonchev–Trinajstić information content (AvgIpc) is 3.09. The molecule has 2 aromatic rings. The molecule has 1 aromatic heterocycles. The lowest BCUT2D eigenvalue weighted by molar-refractivity contribution is -0.116. The highest BCUT2D eigenvalue weighted by Crippen LogP contribution is 2.29. The number of nitrogens with zero attached hydrogens (tertiary/aromatic N) is 2. The van der Waals surface area contributed by atoms with Gasteiger partial charge in [0.25, 0.3) is 10.0 Å². The van der Waals surface area contributed by atoms with Crippen molar-refractivity contribution in [3.8, 4) is 0 Å². The monoisotopic (exact) mass is 391 g/mol. The van der Waals surface area contributed by atoms with Crippen LogP contribution >= 0.6 is 11.3 Å². The number of rotatable bonds is 3. The molecule has 1 fully saturated rings. The summed E-state index contributed by atoms with van der Waals surface area (Å²) in [4.78, 5) is 14.7. The molecule has 0 unspecified atom stereocenters. The molecule has 0 aliphatic carbocycles. The third-order valence-corrected chi connectivity index (χ3v) is 8.26. The van der Waals surface area contributed by atoms with E-state index in [1.54, 1.807) is 10.4 Å². The first kappa shape index (κ1) is 17.5. The molecule has 2 aliphatic rings. The lowest BCUT2D eigenvalue weighted by atomic mass is 10.0. The van der Waals surface area contributed by atoms with E-state index in [4.69, 9.17) is 0 Å². The van der Waals surface area contributed by atoms with Crippen molar-refractivity contribution in [3.05, 3.63) is 40.8 Å². The third-order valence-electron chi connectivity index (χ3n) is 4.90. The number of carbonyl (C=O) groups excluding carboxylic acids is 1. The summed E-state index contributed by atoms with van der Waals surface area (Å²) in [6.45, 7) is 4.20. The lowest BCUT2D eigenvalue weighted by Gasteiger charge is -2.35. The van der Waals surface area contributed by atoms with Crippen LogP contribution in [0.15, 0.2) is 34.5 Å². The first-order valence-electron chi connectivity index (χ1n) is 8.68. The summed E-state index contributed by atoms with van der Waals surface area (Å²) in [5.74, 6) is 0.0629. The SMILES string of the molecule is Cc1ccc(S(=O)(=O)N2CCN(c3ccc4c(c3)CCC(=O)N4)CC2)s1. The van der Waals surface area contributed by atoms with Gasteiger partial charge >= 0.3 is 0 Å². The average molecular weight is 392 g/mol. The summed E-state index contributed by atoms with van der Waals surface area (Å²) in [6.07, 6.45) is 1.27. The summed E-state index contributed by atoms with van der Waals surface area (Å²) >= 11 is 1.32. The van der Waals surface area contributed by atoms with Crippen LogP contribution in [0.5, 0.6) is 0 Å². The molecule has 0 bridgehead atoms. The van der Waals surface area contributed by atoms with E-state index in [1.165, 1.54) is 11.3 Å². The summed E-state index contributed by atoms with van der Waals surface area (Å²) in [5, 5.41) is 2.89. The Bertz CT molecular complexity index is 944. The highest BCUT2D eigenvalue weighted by molar-refractivity contribution is 7.91. The van der Waals surface area contributed by atoms with Crippen molar-refractivity contribution in [1.82, 2.24) is 4.31 Å².